The Morgan fingerprint density at radius 2 is 2.05 bits per heavy atom. The Hall–Kier alpha value is -1.14. The summed E-state index contributed by atoms with van der Waals surface area (Å²) >= 11 is 0. The number of hydrogen-bond acceptors (Lipinski definition) is 4. The SMILES string of the molecule is CCOC(CCCN1CC(C(=O)O)CC1=O)OCC. The number of hydrogen-bond donors (Lipinski definition) is 1. The van der Waals surface area contributed by atoms with E-state index in [1.165, 1.54) is 0 Å². The van der Waals surface area contributed by atoms with Crippen LogP contribution in [0.3, 0.4) is 0 Å². The van der Waals surface area contributed by atoms with Crippen LogP contribution in [-0.4, -0.2) is 54.5 Å². The maximum absolute atomic E-state index is 11.6. The normalized spacial score (nSPS) is 19.4. The highest BCUT2D eigenvalue weighted by Gasteiger charge is 2.33. The summed E-state index contributed by atoms with van der Waals surface area (Å²) in [6, 6.07) is 0. The second-order valence-corrected chi connectivity index (χ2v) is 4.56. The summed E-state index contributed by atoms with van der Waals surface area (Å²) in [7, 11) is 0. The Kier molecular flexibility index (Phi) is 6.80. The van der Waals surface area contributed by atoms with E-state index in [4.69, 9.17) is 14.6 Å². The molecular formula is C13H23NO5. The van der Waals surface area contributed by atoms with E-state index in [0.29, 0.717) is 32.7 Å². The molecule has 1 unspecified atom stereocenters. The topological polar surface area (TPSA) is 76.1 Å². The molecule has 1 fully saturated rings. The number of carbonyl (C=O) groups excluding carboxylic acids is 1. The van der Waals surface area contributed by atoms with Gasteiger partial charge in [-0.25, -0.2) is 0 Å². The third-order valence-corrected chi connectivity index (χ3v) is 3.14. The van der Waals surface area contributed by atoms with Gasteiger partial charge in [-0.05, 0) is 20.3 Å². The zero-order valence-corrected chi connectivity index (χ0v) is 11.6. The lowest BCUT2D eigenvalue weighted by Crippen LogP contribution is -2.28. The average Bonchev–Trinajstić information content (AvgIpc) is 2.72. The number of likely N-dealkylation sites (tertiary alicyclic amines) is 1. The highest BCUT2D eigenvalue weighted by Crippen LogP contribution is 2.18. The predicted molar refractivity (Wildman–Crippen MR) is 68.6 cm³/mol. The summed E-state index contributed by atoms with van der Waals surface area (Å²) in [5, 5.41) is 8.88. The van der Waals surface area contributed by atoms with Gasteiger partial charge in [0.15, 0.2) is 6.29 Å². The molecule has 1 amide bonds. The van der Waals surface area contributed by atoms with Crippen molar-refractivity contribution < 1.29 is 24.2 Å². The first-order chi connectivity index (χ1) is 9.08. The van der Waals surface area contributed by atoms with Crippen LogP contribution in [0.25, 0.3) is 0 Å². The summed E-state index contributed by atoms with van der Waals surface area (Å²) in [6.45, 7) is 5.89. The van der Waals surface area contributed by atoms with Crippen LogP contribution in [0.5, 0.6) is 0 Å². The van der Waals surface area contributed by atoms with Crippen LogP contribution in [0.1, 0.15) is 33.1 Å². The Morgan fingerprint density at radius 1 is 1.42 bits per heavy atom. The molecule has 6 heteroatoms. The summed E-state index contributed by atoms with van der Waals surface area (Å²) in [6.07, 6.45) is 1.35. The summed E-state index contributed by atoms with van der Waals surface area (Å²) in [4.78, 5) is 24.1. The lowest BCUT2D eigenvalue weighted by atomic mass is 10.1. The summed E-state index contributed by atoms with van der Waals surface area (Å²) < 4.78 is 10.8. The van der Waals surface area contributed by atoms with Crippen molar-refractivity contribution in [2.24, 2.45) is 5.92 Å². The van der Waals surface area contributed by atoms with Gasteiger partial charge in [0, 0.05) is 39.1 Å². The van der Waals surface area contributed by atoms with E-state index in [1.54, 1.807) is 4.90 Å². The molecule has 0 spiro atoms. The van der Waals surface area contributed by atoms with Crippen molar-refractivity contribution in [1.29, 1.82) is 0 Å². The third kappa shape index (κ3) is 5.16. The molecule has 1 rings (SSSR count). The largest absolute Gasteiger partial charge is 0.481 e. The Bertz CT molecular complexity index is 301. The van der Waals surface area contributed by atoms with Gasteiger partial charge >= 0.3 is 5.97 Å². The van der Waals surface area contributed by atoms with Gasteiger partial charge in [-0.2, -0.15) is 0 Å². The third-order valence-electron chi connectivity index (χ3n) is 3.14. The molecule has 0 aromatic heterocycles. The van der Waals surface area contributed by atoms with E-state index in [-0.39, 0.29) is 18.6 Å². The average molecular weight is 273 g/mol. The fourth-order valence-electron chi connectivity index (χ4n) is 2.19. The van der Waals surface area contributed by atoms with E-state index in [0.717, 1.165) is 6.42 Å². The zero-order chi connectivity index (χ0) is 14.3. The molecule has 0 aromatic carbocycles. The van der Waals surface area contributed by atoms with Gasteiger partial charge in [0.2, 0.25) is 5.91 Å². The van der Waals surface area contributed by atoms with Crippen LogP contribution >= 0.6 is 0 Å². The molecule has 0 aliphatic carbocycles. The molecule has 1 saturated heterocycles. The molecule has 1 N–H and O–H groups in total. The number of amides is 1. The van der Waals surface area contributed by atoms with Crippen molar-refractivity contribution >= 4 is 11.9 Å². The minimum Gasteiger partial charge on any atom is -0.481 e. The fourth-order valence-corrected chi connectivity index (χ4v) is 2.19. The second kappa shape index (κ2) is 8.12. The van der Waals surface area contributed by atoms with E-state index in [1.807, 2.05) is 13.8 Å². The number of carboxylic acids is 1. The van der Waals surface area contributed by atoms with E-state index < -0.39 is 11.9 Å². The van der Waals surface area contributed by atoms with Crippen molar-refractivity contribution in [2.75, 3.05) is 26.3 Å². The van der Waals surface area contributed by atoms with Gasteiger partial charge in [0.1, 0.15) is 0 Å². The molecule has 0 aromatic rings. The van der Waals surface area contributed by atoms with Crippen LogP contribution in [0, 0.1) is 5.92 Å². The van der Waals surface area contributed by atoms with Crippen LogP contribution < -0.4 is 0 Å². The van der Waals surface area contributed by atoms with Crippen molar-refractivity contribution in [3.63, 3.8) is 0 Å². The smallest absolute Gasteiger partial charge is 0.308 e. The fraction of sp³-hybridized carbons (Fsp3) is 0.846. The molecular weight excluding hydrogens is 250 g/mol. The zero-order valence-electron chi connectivity index (χ0n) is 11.6. The van der Waals surface area contributed by atoms with E-state index in [2.05, 4.69) is 0 Å². The molecule has 1 heterocycles. The molecule has 0 saturated carbocycles. The van der Waals surface area contributed by atoms with E-state index in [9.17, 15) is 9.59 Å². The van der Waals surface area contributed by atoms with Gasteiger partial charge in [0.05, 0.1) is 5.92 Å². The van der Waals surface area contributed by atoms with Crippen molar-refractivity contribution in [3.8, 4) is 0 Å². The van der Waals surface area contributed by atoms with Crippen molar-refractivity contribution in [1.82, 2.24) is 4.90 Å². The lowest BCUT2D eigenvalue weighted by Gasteiger charge is -2.19. The first kappa shape index (κ1) is 15.9. The van der Waals surface area contributed by atoms with Crippen LogP contribution in [0.4, 0.5) is 0 Å². The van der Waals surface area contributed by atoms with Gasteiger partial charge in [-0.3, -0.25) is 9.59 Å². The standard InChI is InChI=1S/C13H23NO5/c1-3-18-12(19-4-2)6-5-7-14-9-10(13(16)17)8-11(14)15/h10,12H,3-9H2,1-2H3,(H,16,17). The Labute approximate surface area is 113 Å². The number of aliphatic carboxylic acids is 1. The second-order valence-electron chi connectivity index (χ2n) is 4.56. The highest BCUT2D eigenvalue weighted by atomic mass is 16.7. The van der Waals surface area contributed by atoms with Gasteiger partial charge in [-0.1, -0.05) is 0 Å². The maximum Gasteiger partial charge on any atom is 0.308 e. The Morgan fingerprint density at radius 3 is 2.53 bits per heavy atom. The highest BCUT2D eigenvalue weighted by molar-refractivity contribution is 5.86. The molecule has 110 valence electrons. The van der Waals surface area contributed by atoms with Crippen LogP contribution in [0.2, 0.25) is 0 Å². The van der Waals surface area contributed by atoms with Crippen LogP contribution in [0.15, 0.2) is 0 Å². The van der Waals surface area contributed by atoms with Crippen molar-refractivity contribution in [2.45, 2.75) is 39.4 Å². The Balaban J connectivity index is 2.28. The number of nitrogens with zero attached hydrogens (tertiary/aromatic N) is 1. The van der Waals surface area contributed by atoms with Gasteiger partial charge in [0.25, 0.3) is 0 Å². The van der Waals surface area contributed by atoms with Gasteiger partial charge in [-0.15, -0.1) is 0 Å². The molecule has 0 bridgehead atoms. The molecule has 1 atom stereocenters. The number of rotatable bonds is 9. The molecule has 6 nitrogen and oxygen atoms in total. The summed E-state index contributed by atoms with van der Waals surface area (Å²) in [5.41, 5.74) is 0. The predicted octanol–water partition coefficient (Wildman–Crippen LogP) is 1.10. The molecule has 1 aliphatic rings. The first-order valence-electron chi connectivity index (χ1n) is 6.82. The van der Waals surface area contributed by atoms with Crippen LogP contribution in [-0.2, 0) is 19.1 Å². The summed E-state index contributed by atoms with van der Waals surface area (Å²) in [5.74, 6) is -1.52. The first-order valence-corrected chi connectivity index (χ1v) is 6.82. The minimum absolute atomic E-state index is 0.0724. The molecule has 19 heavy (non-hydrogen) atoms. The molecule has 1 aliphatic heterocycles. The number of ether oxygens (including phenoxy) is 2. The number of carbonyl (C=O) groups is 2. The van der Waals surface area contributed by atoms with E-state index >= 15 is 0 Å². The maximum atomic E-state index is 11.6. The number of carboxylic acid groups (broad SMARTS) is 1. The van der Waals surface area contributed by atoms with Crippen molar-refractivity contribution in [3.05, 3.63) is 0 Å². The minimum atomic E-state index is -0.891. The quantitative estimate of drug-likeness (QED) is 0.637. The lowest BCUT2D eigenvalue weighted by molar-refractivity contribution is -0.142. The van der Waals surface area contributed by atoms with Gasteiger partial charge < -0.3 is 19.5 Å². The molecule has 0 radical (unpaired) electrons. The monoisotopic (exact) mass is 273 g/mol.